The summed E-state index contributed by atoms with van der Waals surface area (Å²) in [6, 6.07) is 4.59. The molecule has 0 spiro atoms. The summed E-state index contributed by atoms with van der Waals surface area (Å²) in [6.45, 7) is 10.6. The Kier molecular flexibility index (Phi) is 6.09. The highest BCUT2D eigenvalue weighted by molar-refractivity contribution is 7.11. The van der Waals surface area contributed by atoms with Gasteiger partial charge in [0.1, 0.15) is 0 Å². The minimum atomic E-state index is -0.316. The van der Waals surface area contributed by atoms with Crippen molar-refractivity contribution >= 4 is 17.3 Å². The lowest BCUT2D eigenvalue weighted by molar-refractivity contribution is -0.138. The third-order valence-electron chi connectivity index (χ3n) is 2.53. The molecule has 0 saturated carbocycles. The van der Waals surface area contributed by atoms with Gasteiger partial charge in [0.25, 0.3) is 0 Å². The molecule has 0 radical (unpaired) electrons. The summed E-state index contributed by atoms with van der Waals surface area (Å²) < 4.78 is 4.88. The second-order valence-electron chi connectivity index (χ2n) is 4.32. The van der Waals surface area contributed by atoms with E-state index in [0.29, 0.717) is 24.8 Å². The van der Waals surface area contributed by atoms with Crippen molar-refractivity contribution in [3.05, 3.63) is 34.0 Å². The summed E-state index contributed by atoms with van der Waals surface area (Å²) in [4.78, 5) is 14.0. The molecule has 1 aromatic heterocycles. The first-order valence-corrected chi connectivity index (χ1v) is 6.98. The monoisotopic (exact) mass is 267 g/mol. The Bertz CT molecular complexity index is 412. The van der Waals surface area contributed by atoms with E-state index in [2.05, 4.69) is 37.9 Å². The largest absolute Gasteiger partial charge is 0.463 e. The summed E-state index contributed by atoms with van der Waals surface area (Å²) >= 11 is 1.81. The lowest BCUT2D eigenvalue weighted by atomic mass is 10.2. The van der Waals surface area contributed by atoms with E-state index in [-0.39, 0.29) is 5.97 Å². The zero-order chi connectivity index (χ0) is 13.5. The third-order valence-corrected chi connectivity index (χ3v) is 3.55. The first-order chi connectivity index (χ1) is 8.52. The first kappa shape index (κ1) is 14.9. The van der Waals surface area contributed by atoms with Crippen molar-refractivity contribution in [1.29, 1.82) is 0 Å². The smallest absolute Gasteiger partial charge is 0.334 e. The summed E-state index contributed by atoms with van der Waals surface area (Å²) in [5.41, 5.74) is 0.478. The highest BCUT2D eigenvalue weighted by atomic mass is 32.1. The Labute approximate surface area is 113 Å². The van der Waals surface area contributed by atoms with Gasteiger partial charge >= 0.3 is 5.97 Å². The fourth-order valence-electron chi connectivity index (χ4n) is 1.57. The molecule has 1 atom stereocenters. The van der Waals surface area contributed by atoms with Gasteiger partial charge in [-0.05, 0) is 39.3 Å². The summed E-state index contributed by atoms with van der Waals surface area (Å²) in [5.74, 6) is -0.316. The predicted octanol–water partition coefficient (Wildman–Crippen LogP) is 2.70. The molecule has 0 aliphatic carbocycles. The number of thiophene rings is 1. The second kappa shape index (κ2) is 7.34. The quantitative estimate of drug-likeness (QED) is 0.610. The number of hydrogen-bond acceptors (Lipinski definition) is 4. The van der Waals surface area contributed by atoms with Gasteiger partial charge in [-0.3, -0.25) is 0 Å². The van der Waals surface area contributed by atoms with Gasteiger partial charge in [0.05, 0.1) is 6.61 Å². The SMILES string of the molecule is C=C(CNC(C)Cc1ccc(C)s1)C(=O)OCC. The second-order valence-corrected chi connectivity index (χ2v) is 5.69. The molecule has 0 bridgehead atoms. The van der Waals surface area contributed by atoms with Gasteiger partial charge in [-0.15, -0.1) is 11.3 Å². The molecule has 18 heavy (non-hydrogen) atoms. The Morgan fingerprint density at radius 1 is 1.56 bits per heavy atom. The molecule has 0 amide bonds. The van der Waals surface area contributed by atoms with E-state index in [1.54, 1.807) is 6.92 Å². The fourth-order valence-corrected chi connectivity index (χ4v) is 2.59. The molecular weight excluding hydrogens is 246 g/mol. The van der Waals surface area contributed by atoms with Crippen molar-refractivity contribution in [3.8, 4) is 0 Å². The molecule has 1 rings (SSSR count). The van der Waals surface area contributed by atoms with Crippen LogP contribution in [-0.2, 0) is 16.0 Å². The third kappa shape index (κ3) is 5.02. The fraction of sp³-hybridized carbons (Fsp3) is 0.500. The van der Waals surface area contributed by atoms with Crippen LogP contribution in [0.5, 0.6) is 0 Å². The molecule has 0 aromatic carbocycles. The minimum Gasteiger partial charge on any atom is -0.463 e. The zero-order valence-electron chi connectivity index (χ0n) is 11.3. The van der Waals surface area contributed by atoms with Crippen molar-refractivity contribution in [3.63, 3.8) is 0 Å². The topological polar surface area (TPSA) is 38.3 Å². The van der Waals surface area contributed by atoms with Crippen molar-refractivity contribution in [2.24, 2.45) is 0 Å². The van der Waals surface area contributed by atoms with Gasteiger partial charge in [-0.25, -0.2) is 4.79 Å². The molecule has 1 heterocycles. The lowest BCUT2D eigenvalue weighted by Gasteiger charge is -2.13. The Hall–Kier alpha value is -1.13. The van der Waals surface area contributed by atoms with Crippen LogP contribution in [-0.4, -0.2) is 25.2 Å². The van der Waals surface area contributed by atoms with Crippen molar-refractivity contribution in [1.82, 2.24) is 5.32 Å². The van der Waals surface area contributed by atoms with E-state index in [9.17, 15) is 4.79 Å². The molecule has 0 aliphatic rings. The van der Waals surface area contributed by atoms with E-state index in [4.69, 9.17) is 4.74 Å². The average Bonchev–Trinajstić information content (AvgIpc) is 2.72. The molecule has 100 valence electrons. The Morgan fingerprint density at radius 2 is 2.28 bits per heavy atom. The van der Waals surface area contributed by atoms with Gasteiger partial charge in [0.15, 0.2) is 0 Å². The molecular formula is C14H21NO2S. The highest BCUT2D eigenvalue weighted by Crippen LogP contribution is 2.16. The van der Waals surface area contributed by atoms with Crippen LogP contribution < -0.4 is 5.32 Å². The maximum absolute atomic E-state index is 11.4. The molecule has 0 aliphatic heterocycles. The molecule has 3 nitrogen and oxygen atoms in total. The normalized spacial score (nSPS) is 12.2. The van der Waals surface area contributed by atoms with Crippen LogP contribution in [0.3, 0.4) is 0 Å². The Morgan fingerprint density at radius 3 is 2.83 bits per heavy atom. The van der Waals surface area contributed by atoms with Crippen LogP contribution in [0, 0.1) is 6.92 Å². The maximum atomic E-state index is 11.4. The lowest BCUT2D eigenvalue weighted by Crippen LogP contribution is -2.31. The average molecular weight is 267 g/mol. The summed E-state index contributed by atoms with van der Waals surface area (Å²) in [6.07, 6.45) is 0.967. The van der Waals surface area contributed by atoms with Gasteiger partial charge in [-0.1, -0.05) is 6.58 Å². The zero-order valence-corrected chi connectivity index (χ0v) is 12.1. The van der Waals surface area contributed by atoms with Crippen molar-refractivity contribution < 1.29 is 9.53 Å². The van der Waals surface area contributed by atoms with Crippen LogP contribution in [0.25, 0.3) is 0 Å². The molecule has 4 heteroatoms. The van der Waals surface area contributed by atoms with Crippen molar-refractivity contribution in [2.45, 2.75) is 33.2 Å². The van der Waals surface area contributed by atoms with Crippen molar-refractivity contribution in [2.75, 3.05) is 13.2 Å². The van der Waals surface area contributed by atoms with E-state index >= 15 is 0 Å². The number of rotatable bonds is 7. The highest BCUT2D eigenvalue weighted by Gasteiger charge is 2.10. The van der Waals surface area contributed by atoms with Gasteiger partial charge in [-0.2, -0.15) is 0 Å². The summed E-state index contributed by atoms with van der Waals surface area (Å²) in [7, 11) is 0. The number of carbonyl (C=O) groups excluding carboxylic acids is 1. The van der Waals surface area contributed by atoms with Gasteiger partial charge in [0, 0.05) is 27.9 Å². The van der Waals surface area contributed by atoms with E-state index in [1.807, 2.05) is 11.3 Å². The number of hydrogen-bond donors (Lipinski definition) is 1. The van der Waals surface area contributed by atoms with E-state index in [1.165, 1.54) is 9.75 Å². The molecule has 0 fully saturated rings. The summed E-state index contributed by atoms with van der Waals surface area (Å²) in [5, 5.41) is 3.29. The van der Waals surface area contributed by atoms with E-state index in [0.717, 1.165) is 6.42 Å². The van der Waals surface area contributed by atoms with E-state index < -0.39 is 0 Å². The number of carbonyl (C=O) groups is 1. The molecule has 0 saturated heterocycles. The number of esters is 1. The first-order valence-electron chi connectivity index (χ1n) is 6.16. The molecule has 1 aromatic rings. The van der Waals surface area contributed by atoms with Crippen LogP contribution >= 0.6 is 11.3 Å². The predicted molar refractivity (Wildman–Crippen MR) is 76.0 cm³/mol. The minimum absolute atomic E-state index is 0.314. The van der Waals surface area contributed by atoms with Crippen LogP contribution in [0.4, 0.5) is 0 Å². The Balaban J connectivity index is 2.30. The standard InChI is InChI=1S/C14H21NO2S/c1-5-17-14(16)10(2)9-15-11(3)8-13-7-6-12(4)18-13/h6-7,11,15H,2,5,8-9H2,1,3-4H3. The number of ether oxygens (including phenoxy) is 1. The van der Waals surface area contributed by atoms with Crippen LogP contribution in [0.15, 0.2) is 24.3 Å². The molecule has 1 unspecified atom stereocenters. The maximum Gasteiger partial charge on any atom is 0.334 e. The number of aryl methyl sites for hydroxylation is 1. The van der Waals surface area contributed by atoms with Crippen LogP contribution in [0.1, 0.15) is 23.6 Å². The molecule has 1 N–H and O–H groups in total. The van der Waals surface area contributed by atoms with Gasteiger partial charge in [0.2, 0.25) is 0 Å². The number of nitrogens with one attached hydrogen (secondary N) is 1. The van der Waals surface area contributed by atoms with Crippen LogP contribution in [0.2, 0.25) is 0 Å². The van der Waals surface area contributed by atoms with Gasteiger partial charge < -0.3 is 10.1 Å².